The van der Waals surface area contributed by atoms with Gasteiger partial charge < -0.3 is 25.4 Å². The number of carbonyl (C=O) groups is 3. The number of nitrogens with zero attached hydrogens (tertiary/aromatic N) is 2. The van der Waals surface area contributed by atoms with Crippen LogP contribution < -0.4 is 20.9 Å². The van der Waals surface area contributed by atoms with Crippen molar-refractivity contribution in [3.05, 3.63) is 66.4 Å². The van der Waals surface area contributed by atoms with E-state index in [1.807, 2.05) is 54.6 Å². The molecule has 3 aromatic rings. The Labute approximate surface area is 203 Å². The Hall–Kier alpha value is -4.14. The number of benzene rings is 2. The van der Waals surface area contributed by atoms with Crippen LogP contribution in [-0.4, -0.2) is 48.6 Å². The van der Waals surface area contributed by atoms with Crippen molar-refractivity contribution in [2.45, 2.75) is 32.2 Å². The summed E-state index contributed by atoms with van der Waals surface area (Å²) in [7, 11) is 0. The molecule has 3 amide bonds. The van der Waals surface area contributed by atoms with Crippen molar-refractivity contribution >= 4 is 29.1 Å². The minimum atomic E-state index is -0.519. The first-order valence-corrected chi connectivity index (χ1v) is 11.7. The first-order valence-electron chi connectivity index (χ1n) is 11.7. The molecule has 4 rings (SSSR count). The molecule has 1 fully saturated rings. The zero-order valence-electron chi connectivity index (χ0n) is 19.6. The van der Waals surface area contributed by atoms with Crippen molar-refractivity contribution in [1.82, 2.24) is 15.8 Å². The summed E-state index contributed by atoms with van der Waals surface area (Å²) < 4.78 is 5.21. The molecule has 0 bridgehead atoms. The van der Waals surface area contributed by atoms with E-state index in [0.29, 0.717) is 5.76 Å². The van der Waals surface area contributed by atoms with Crippen molar-refractivity contribution in [2.24, 2.45) is 0 Å². The van der Waals surface area contributed by atoms with Crippen LogP contribution in [0.4, 0.5) is 11.4 Å². The molecule has 0 radical (unpaired) electrons. The van der Waals surface area contributed by atoms with E-state index in [4.69, 9.17) is 4.52 Å². The highest BCUT2D eigenvalue weighted by Gasteiger charge is 2.17. The minimum absolute atomic E-state index is 0.0836. The van der Waals surface area contributed by atoms with Gasteiger partial charge in [0, 0.05) is 48.6 Å². The molecule has 9 heteroatoms. The van der Waals surface area contributed by atoms with Crippen LogP contribution in [0, 0.1) is 0 Å². The molecule has 1 aromatic heterocycles. The highest BCUT2D eigenvalue weighted by atomic mass is 16.5. The number of anilines is 2. The van der Waals surface area contributed by atoms with Crippen molar-refractivity contribution in [3.8, 4) is 11.3 Å². The SMILES string of the molecule is CC(CC(=O)Nc1cccc(N2CCCC2)c1)NC(=O)CNC(=O)c1cc(-c2ccccc2)on1. The van der Waals surface area contributed by atoms with Crippen LogP contribution in [-0.2, 0) is 9.59 Å². The summed E-state index contributed by atoms with van der Waals surface area (Å²) in [6, 6.07) is 18.2. The van der Waals surface area contributed by atoms with Crippen LogP contribution in [0.1, 0.15) is 36.7 Å². The van der Waals surface area contributed by atoms with Gasteiger partial charge in [0.25, 0.3) is 5.91 Å². The summed E-state index contributed by atoms with van der Waals surface area (Å²) in [6.07, 6.45) is 2.47. The van der Waals surface area contributed by atoms with Gasteiger partial charge in [0.05, 0.1) is 6.54 Å². The highest BCUT2D eigenvalue weighted by Crippen LogP contribution is 2.23. The van der Waals surface area contributed by atoms with Gasteiger partial charge >= 0.3 is 0 Å². The van der Waals surface area contributed by atoms with Crippen LogP contribution >= 0.6 is 0 Å². The summed E-state index contributed by atoms with van der Waals surface area (Å²) in [5.74, 6) is -0.655. The molecule has 0 aliphatic carbocycles. The zero-order chi connectivity index (χ0) is 24.6. The molecule has 1 unspecified atom stereocenters. The van der Waals surface area contributed by atoms with Gasteiger partial charge in [-0.2, -0.15) is 0 Å². The van der Waals surface area contributed by atoms with Gasteiger partial charge in [-0.1, -0.05) is 41.6 Å². The third-order valence-corrected chi connectivity index (χ3v) is 5.71. The molecule has 1 atom stereocenters. The second-order valence-corrected chi connectivity index (χ2v) is 8.59. The fourth-order valence-electron chi connectivity index (χ4n) is 3.99. The molecule has 182 valence electrons. The Balaban J connectivity index is 1.20. The Morgan fingerprint density at radius 3 is 2.54 bits per heavy atom. The molecule has 1 aliphatic rings. The molecule has 0 saturated carbocycles. The average molecular weight is 476 g/mol. The van der Waals surface area contributed by atoms with Gasteiger partial charge in [-0.25, -0.2) is 0 Å². The predicted molar refractivity (Wildman–Crippen MR) is 133 cm³/mol. The molecule has 2 aromatic carbocycles. The molecular formula is C26H29N5O4. The van der Waals surface area contributed by atoms with Crippen molar-refractivity contribution in [1.29, 1.82) is 0 Å². The van der Waals surface area contributed by atoms with Crippen molar-refractivity contribution in [2.75, 3.05) is 29.9 Å². The second kappa shape index (κ2) is 11.3. The molecule has 2 heterocycles. The molecule has 0 spiro atoms. The van der Waals surface area contributed by atoms with E-state index in [2.05, 4.69) is 26.0 Å². The fourth-order valence-corrected chi connectivity index (χ4v) is 3.99. The van der Waals surface area contributed by atoms with E-state index >= 15 is 0 Å². The summed E-state index contributed by atoms with van der Waals surface area (Å²) in [5, 5.41) is 11.9. The van der Waals surface area contributed by atoms with Gasteiger partial charge in [0.1, 0.15) is 0 Å². The van der Waals surface area contributed by atoms with E-state index in [1.54, 1.807) is 6.92 Å². The van der Waals surface area contributed by atoms with Crippen LogP contribution in [0.15, 0.2) is 65.2 Å². The summed E-state index contributed by atoms with van der Waals surface area (Å²) in [5.41, 5.74) is 2.71. The number of amides is 3. The largest absolute Gasteiger partial charge is 0.371 e. The monoisotopic (exact) mass is 475 g/mol. The molecular weight excluding hydrogens is 446 g/mol. The number of hydrogen-bond acceptors (Lipinski definition) is 6. The van der Waals surface area contributed by atoms with Crippen molar-refractivity contribution < 1.29 is 18.9 Å². The van der Waals surface area contributed by atoms with Gasteiger partial charge in [0.15, 0.2) is 11.5 Å². The molecule has 1 saturated heterocycles. The smallest absolute Gasteiger partial charge is 0.273 e. The maximum atomic E-state index is 12.4. The summed E-state index contributed by atoms with van der Waals surface area (Å²) in [4.78, 5) is 39.3. The standard InChI is InChI=1S/C26H29N5O4/c1-18(14-24(32)29-20-10-7-11-21(15-20)31-12-5-6-13-31)28-25(33)17-27-26(34)22-16-23(35-30-22)19-8-3-2-4-9-19/h2-4,7-11,15-16,18H,5-6,12-14,17H2,1H3,(H,27,34)(H,28,33)(H,29,32). The lowest BCUT2D eigenvalue weighted by Gasteiger charge is -2.19. The van der Waals surface area contributed by atoms with Crippen LogP contribution in [0.25, 0.3) is 11.3 Å². The molecule has 9 nitrogen and oxygen atoms in total. The topological polar surface area (TPSA) is 117 Å². The first kappa shape index (κ1) is 24.0. The predicted octanol–water partition coefficient (Wildman–Crippen LogP) is 3.21. The highest BCUT2D eigenvalue weighted by molar-refractivity contribution is 5.96. The van der Waals surface area contributed by atoms with Crippen LogP contribution in [0.3, 0.4) is 0 Å². The normalized spacial score (nSPS) is 13.8. The number of carbonyl (C=O) groups excluding carboxylic acids is 3. The summed E-state index contributed by atoms with van der Waals surface area (Å²) >= 11 is 0. The Kier molecular flexibility index (Phi) is 7.77. The molecule has 35 heavy (non-hydrogen) atoms. The van der Waals surface area contributed by atoms with Crippen LogP contribution in [0.2, 0.25) is 0 Å². The number of aromatic nitrogens is 1. The van der Waals surface area contributed by atoms with Gasteiger partial charge in [-0.05, 0) is 38.0 Å². The van der Waals surface area contributed by atoms with E-state index in [9.17, 15) is 14.4 Å². The summed E-state index contributed by atoms with van der Waals surface area (Å²) in [6.45, 7) is 3.56. The molecule has 3 N–H and O–H groups in total. The minimum Gasteiger partial charge on any atom is -0.371 e. The Morgan fingerprint density at radius 2 is 1.77 bits per heavy atom. The quantitative estimate of drug-likeness (QED) is 0.438. The number of hydrogen-bond donors (Lipinski definition) is 3. The maximum absolute atomic E-state index is 12.4. The van der Waals surface area contributed by atoms with Crippen molar-refractivity contribution in [3.63, 3.8) is 0 Å². The lowest BCUT2D eigenvalue weighted by Crippen LogP contribution is -2.42. The fraction of sp³-hybridized carbons (Fsp3) is 0.308. The maximum Gasteiger partial charge on any atom is 0.273 e. The Bertz CT molecular complexity index is 1170. The third kappa shape index (κ3) is 6.69. The van der Waals surface area contributed by atoms with Crippen LogP contribution in [0.5, 0.6) is 0 Å². The second-order valence-electron chi connectivity index (χ2n) is 8.59. The lowest BCUT2D eigenvalue weighted by molar-refractivity contribution is -0.121. The zero-order valence-corrected chi connectivity index (χ0v) is 19.6. The van der Waals surface area contributed by atoms with Gasteiger partial charge in [0.2, 0.25) is 11.8 Å². The van der Waals surface area contributed by atoms with Gasteiger partial charge in [-0.3, -0.25) is 14.4 Å². The Morgan fingerprint density at radius 1 is 1.00 bits per heavy atom. The third-order valence-electron chi connectivity index (χ3n) is 5.71. The number of nitrogens with one attached hydrogen (secondary N) is 3. The van der Waals surface area contributed by atoms with E-state index in [0.717, 1.165) is 30.0 Å². The molecule has 1 aliphatic heterocycles. The number of rotatable bonds is 9. The van der Waals surface area contributed by atoms with Gasteiger partial charge in [-0.15, -0.1) is 0 Å². The average Bonchev–Trinajstić information content (AvgIpc) is 3.56. The first-order chi connectivity index (χ1) is 17.0. The van der Waals surface area contributed by atoms with E-state index < -0.39 is 17.9 Å². The van der Waals surface area contributed by atoms with E-state index in [1.165, 1.54) is 18.9 Å². The lowest BCUT2D eigenvalue weighted by atomic mass is 10.1. The van der Waals surface area contributed by atoms with E-state index in [-0.39, 0.29) is 24.6 Å².